The zero-order valence-electron chi connectivity index (χ0n) is 20.2. The first kappa shape index (κ1) is 23.5. The Morgan fingerprint density at radius 2 is 1.57 bits per heavy atom. The molecule has 0 atom stereocenters. The lowest BCUT2D eigenvalue weighted by atomic mass is 10.00. The Labute approximate surface area is 204 Å². The molecule has 2 aliphatic rings. The summed E-state index contributed by atoms with van der Waals surface area (Å²) in [5.41, 5.74) is 1.07. The molecule has 1 N–H and O–H groups in total. The van der Waals surface area contributed by atoms with E-state index in [1.807, 2.05) is 6.07 Å². The number of rotatable bonds is 6. The molecule has 0 bridgehead atoms. The Morgan fingerprint density at radius 3 is 2.26 bits per heavy atom. The van der Waals surface area contributed by atoms with Crippen molar-refractivity contribution in [2.75, 3.05) is 50.6 Å². The van der Waals surface area contributed by atoms with E-state index >= 15 is 0 Å². The smallest absolute Gasteiger partial charge is 0.227 e. The number of hydrogen-bond donors (Lipinski definition) is 1. The van der Waals surface area contributed by atoms with E-state index in [2.05, 4.69) is 15.1 Å². The molecule has 35 heavy (non-hydrogen) atoms. The number of nitrogens with one attached hydrogen (secondary N) is 1. The minimum atomic E-state index is -0.924. The molecule has 0 saturated carbocycles. The predicted molar refractivity (Wildman–Crippen MR) is 133 cm³/mol. The maximum absolute atomic E-state index is 13.9. The van der Waals surface area contributed by atoms with Gasteiger partial charge >= 0.3 is 0 Å². The Bertz CT molecular complexity index is 1190. The zero-order chi connectivity index (χ0) is 24.4. The number of nitrogens with zero attached hydrogens (tertiary/aromatic N) is 4. The van der Waals surface area contributed by atoms with Crippen molar-refractivity contribution in [3.05, 3.63) is 42.0 Å². The van der Waals surface area contributed by atoms with Crippen molar-refractivity contribution in [1.82, 2.24) is 14.9 Å². The van der Waals surface area contributed by atoms with E-state index in [0.717, 1.165) is 38.1 Å². The fourth-order valence-electron chi connectivity index (χ4n) is 5.11. The summed E-state index contributed by atoms with van der Waals surface area (Å²) in [6.07, 6.45) is 6.05. The lowest BCUT2D eigenvalue weighted by Crippen LogP contribution is -2.47. The number of ether oxygens (including phenoxy) is 2. The van der Waals surface area contributed by atoms with Crippen molar-refractivity contribution in [1.29, 1.82) is 0 Å². The van der Waals surface area contributed by atoms with E-state index in [9.17, 15) is 8.78 Å². The van der Waals surface area contributed by atoms with E-state index in [4.69, 9.17) is 19.4 Å². The highest BCUT2D eigenvalue weighted by Crippen LogP contribution is 2.36. The zero-order valence-corrected chi connectivity index (χ0v) is 20.2. The molecule has 5 rings (SSSR count). The van der Waals surface area contributed by atoms with Crippen LogP contribution in [0.4, 0.5) is 26.2 Å². The van der Waals surface area contributed by atoms with Crippen LogP contribution in [0.25, 0.3) is 10.9 Å². The highest BCUT2D eigenvalue weighted by atomic mass is 19.2. The third-order valence-corrected chi connectivity index (χ3v) is 7.03. The summed E-state index contributed by atoms with van der Waals surface area (Å²) in [5, 5.41) is 3.85. The molecule has 9 heteroatoms. The summed E-state index contributed by atoms with van der Waals surface area (Å²) in [6, 6.07) is 7.91. The molecule has 2 fully saturated rings. The molecule has 186 valence electrons. The van der Waals surface area contributed by atoms with Gasteiger partial charge in [0.1, 0.15) is 5.82 Å². The monoisotopic (exact) mass is 483 g/mol. The van der Waals surface area contributed by atoms with Crippen LogP contribution in [0.15, 0.2) is 30.3 Å². The first-order valence-corrected chi connectivity index (χ1v) is 12.2. The largest absolute Gasteiger partial charge is 0.493 e. The molecule has 0 spiro atoms. The van der Waals surface area contributed by atoms with Crippen molar-refractivity contribution < 1.29 is 18.3 Å². The maximum Gasteiger partial charge on any atom is 0.227 e. The number of aromatic nitrogens is 2. The average molecular weight is 484 g/mol. The summed E-state index contributed by atoms with van der Waals surface area (Å²) in [4.78, 5) is 14.5. The van der Waals surface area contributed by atoms with E-state index in [1.165, 1.54) is 38.4 Å². The number of anilines is 3. The van der Waals surface area contributed by atoms with Crippen LogP contribution >= 0.6 is 0 Å². The second-order valence-corrected chi connectivity index (χ2v) is 9.17. The van der Waals surface area contributed by atoms with Crippen LogP contribution in [0.5, 0.6) is 11.5 Å². The molecule has 1 aromatic heterocycles. The van der Waals surface area contributed by atoms with Gasteiger partial charge in [-0.15, -0.1) is 0 Å². The van der Waals surface area contributed by atoms with Crippen LogP contribution in [0, 0.1) is 11.6 Å². The second-order valence-electron chi connectivity index (χ2n) is 9.17. The van der Waals surface area contributed by atoms with Gasteiger partial charge in [0.2, 0.25) is 5.95 Å². The normalized spacial score (nSPS) is 17.5. The van der Waals surface area contributed by atoms with E-state index < -0.39 is 11.6 Å². The van der Waals surface area contributed by atoms with Crippen LogP contribution < -0.4 is 19.7 Å². The molecule has 0 aliphatic carbocycles. The van der Waals surface area contributed by atoms with Gasteiger partial charge in [-0.05, 0) is 57.0 Å². The van der Waals surface area contributed by atoms with Crippen molar-refractivity contribution in [3.63, 3.8) is 0 Å². The van der Waals surface area contributed by atoms with Gasteiger partial charge in [0.15, 0.2) is 23.1 Å². The molecule has 0 amide bonds. The van der Waals surface area contributed by atoms with E-state index in [1.54, 1.807) is 20.3 Å². The molecule has 2 saturated heterocycles. The van der Waals surface area contributed by atoms with Gasteiger partial charge in [-0.1, -0.05) is 6.42 Å². The van der Waals surface area contributed by atoms with Crippen molar-refractivity contribution in [3.8, 4) is 11.5 Å². The Hall–Kier alpha value is -3.20. The number of likely N-dealkylation sites (tertiary alicyclic amines) is 1. The lowest BCUT2D eigenvalue weighted by molar-refractivity contribution is 0.141. The molecular weight excluding hydrogens is 452 g/mol. The van der Waals surface area contributed by atoms with Crippen molar-refractivity contribution >= 4 is 28.4 Å². The van der Waals surface area contributed by atoms with Gasteiger partial charge in [-0.2, -0.15) is 4.98 Å². The first-order valence-electron chi connectivity index (χ1n) is 12.2. The third-order valence-electron chi connectivity index (χ3n) is 7.03. The molecule has 3 heterocycles. The van der Waals surface area contributed by atoms with Crippen LogP contribution in [0.3, 0.4) is 0 Å². The minimum absolute atomic E-state index is 0.397. The molecular formula is C26H31F2N5O2. The van der Waals surface area contributed by atoms with Crippen molar-refractivity contribution in [2.45, 2.75) is 38.1 Å². The summed E-state index contributed by atoms with van der Waals surface area (Å²) in [7, 11) is 3.14. The van der Waals surface area contributed by atoms with Gasteiger partial charge in [-0.3, -0.25) is 0 Å². The molecule has 3 aromatic rings. The Kier molecular flexibility index (Phi) is 6.86. The minimum Gasteiger partial charge on any atom is -0.493 e. The van der Waals surface area contributed by atoms with Gasteiger partial charge in [0.25, 0.3) is 0 Å². The fraction of sp³-hybridized carbons (Fsp3) is 0.462. The highest BCUT2D eigenvalue weighted by molar-refractivity contribution is 5.94. The molecule has 7 nitrogen and oxygen atoms in total. The predicted octanol–water partition coefficient (Wildman–Crippen LogP) is 5.12. The first-order chi connectivity index (χ1) is 17.1. The standard InChI is InChI=1S/C26H31F2N5O2/c1-34-23-15-19-22(16-24(23)35-2)30-26(31-25(19)29-17-6-7-20(27)21(28)14-17)33-12-8-18(9-13-33)32-10-4-3-5-11-32/h6-7,14-16,18H,3-5,8-13H2,1-2H3,(H,29,30,31). The van der Waals surface area contributed by atoms with Crippen LogP contribution in [0.1, 0.15) is 32.1 Å². The molecule has 2 aliphatic heterocycles. The fourth-order valence-corrected chi connectivity index (χ4v) is 5.11. The maximum atomic E-state index is 13.9. The summed E-state index contributed by atoms with van der Waals surface area (Å²) < 4.78 is 38.3. The van der Waals surface area contributed by atoms with Crippen LogP contribution in [0.2, 0.25) is 0 Å². The SMILES string of the molecule is COc1cc2nc(N3CCC(N4CCCCC4)CC3)nc(Nc3ccc(F)c(F)c3)c2cc1OC. The molecule has 0 unspecified atom stereocenters. The summed E-state index contributed by atoms with van der Waals surface area (Å²) >= 11 is 0. The number of piperidine rings is 2. The number of methoxy groups -OCH3 is 2. The second kappa shape index (κ2) is 10.2. The Morgan fingerprint density at radius 1 is 0.857 bits per heavy atom. The van der Waals surface area contributed by atoms with E-state index in [-0.39, 0.29) is 0 Å². The van der Waals surface area contributed by atoms with Crippen molar-refractivity contribution in [2.24, 2.45) is 0 Å². The van der Waals surface area contributed by atoms with E-state index in [0.29, 0.717) is 45.9 Å². The number of fused-ring (bicyclic) bond motifs is 1. The van der Waals surface area contributed by atoms with Gasteiger partial charge in [-0.25, -0.2) is 13.8 Å². The molecule has 2 aromatic carbocycles. The van der Waals surface area contributed by atoms with Gasteiger partial charge < -0.3 is 24.6 Å². The van der Waals surface area contributed by atoms with Crippen LogP contribution in [-0.4, -0.2) is 61.3 Å². The summed E-state index contributed by atoms with van der Waals surface area (Å²) in [6.45, 7) is 4.12. The quantitative estimate of drug-likeness (QED) is 0.522. The number of halogens is 2. The lowest BCUT2D eigenvalue weighted by Gasteiger charge is -2.40. The third kappa shape index (κ3) is 4.96. The highest BCUT2D eigenvalue weighted by Gasteiger charge is 2.27. The topological polar surface area (TPSA) is 62.8 Å². The van der Waals surface area contributed by atoms with Crippen LogP contribution in [-0.2, 0) is 0 Å². The number of benzene rings is 2. The molecule has 0 radical (unpaired) electrons. The van der Waals surface area contributed by atoms with Gasteiger partial charge in [0.05, 0.1) is 19.7 Å². The Balaban J connectivity index is 1.47. The summed E-state index contributed by atoms with van der Waals surface area (Å²) in [5.74, 6) is 0.376. The average Bonchev–Trinajstić information content (AvgIpc) is 2.90. The van der Waals surface area contributed by atoms with Gasteiger partial charge in [0, 0.05) is 42.3 Å². The number of hydrogen-bond acceptors (Lipinski definition) is 7.